The largest absolute Gasteiger partial charge is 0.372 e. The second-order valence-corrected chi connectivity index (χ2v) is 4.73. The predicted molar refractivity (Wildman–Crippen MR) is 72.9 cm³/mol. The van der Waals surface area contributed by atoms with Crippen molar-refractivity contribution in [2.24, 2.45) is 0 Å². The number of hydrogen-bond donors (Lipinski definition) is 1. The molecule has 19 heavy (non-hydrogen) atoms. The highest BCUT2D eigenvalue weighted by molar-refractivity contribution is 5.94. The first-order valence-electron chi connectivity index (χ1n) is 6.50. The molecule has 1 aliphatic heterocycles. The summed E-state index contributed by atoms with van der Waals surface area (Å²) in [5, 5.41) is 2.63. The molecule has 1 aromatic carbocycles. The second kappa shape index (κ2) is 6.02. The summed E-state index contributed by atoms with van der Waals surface area (Å²) < 4.78 is 18.9. The molecule has 1 fully saturated rings. The average molecular weight is 266 g/mol. The van der Waals surface area contributed by atoms with Gasteiger partial charge in [0.05, 0.1) is 5.69 Å². The van der Waals surface area contributed by atoms with Crippen LogP contribution >= 0.6 is 0 Å². The number of ether oxygens (including phenoxy) is 1. The summed E-state index contributed by atoms with van der Waals surface area (Å²) in [5.74, 6) is -0.583. The third-order valence-electron chi connectivity index (χ3n) is 3.38. The molecule has 1 aromatic rings. The van der Waals surface area contributed by atoms with Crippen LogP contribution in [-0.4, -0.2) is 32.2 Å². The Morgan fingerprint density at radius 3 is 2.68 bits per heavy atom. The van der Waals surface area contributed by atoms with Gasteiger partial charge in [0.25, 0.3) is 5.91 Å². The third-order valence-corrected chi connectivity index (χ3v) is 3.38. The topological polar surface area (TPSA) is 41.6 Å². The lowest BCUT2D eigenvalue weighted by atomic mass is 10.2. The number of anilines is 2. The normalized spacial score (nSPS) is 16.5. The zero-order chi connectivity index (χ0) is 13.8. The summed E-state index contributed by atoms with van der Waals surface area (Å²) >= 11 is 0. The van der Waals surface area contributed by atoms with Gasteiger partial charge in [-0.3, -0.25) is 4.79 Å². The lowest BCUT2D eigenvalue weighted by molar-refractivity contribution is -0.124. The Morgan fingerprint density at radius 1 is 1.42 bits per heavy atom. The van der Waals surface area contributed by atoms with Crippen LogP contribution in [0, 0.1) is 5.82 Å². The maximum atomic E-state index is 14.0. The van der Waals surface area contributed by atoms with Crippen LogP contribution < -0.4 is 10.2 Å². The molecule has 104 valence electrons. The van der Waals surface area contributed by atoms with E-state index in [4.69, 9.17) is 4.74 Å². The fourth-order valence-electron chi connectivity index (χ4n) is 2.15. The molecule has 0 spiro atoms. The van der Waals surface area contributed by atoms with Gasteiger partial charge in [0, 0.05) is 25.9 Å². The van der Waals surface area contributed by atoms with E-state index in [0.717, 1.165) is 25.9 Å². The standard InChI is InChI=1S/C14H19FN2O2/c1-10(19-2)14(18)16-11-5-6-13(12(15)9-11)17-7-3-4-8-17/h5-6,9-10H,3-4,7-8H2,1-2H3,(H,16,18). The zero-order valence-corrected chi connectivity index (χ0v) is 11.3. The third kappa shape index (κ3) is 3.23. The van der Waals surface area contributed by atoms with Crippen LogP contribution in [0.2, 0.25) is 0 Å². The van der Waals surface area contributed by atoms with Crippen molar-refractivity contribution in [3.05, 3.63) is 24.0 Å². The van der Waals surface area contributed by atoms with Crippen molar-refractivity contribution in [3.63, 3.8) is 0 Å². The molecule has 1 amide bonds. The highest BCUT2D eigenvalue weighted by atomic mass is 19.1. The number of nitrogens with one attached hydrogen (secondary N) is 1. The number of methoxy groups -OCH3 is 1. The summed E-state index contributed by atoms with van der Waals surface area (Å²) in [6, 6.07) is 4.79. The molecule has 1 saturated heterocycles. The fourth-order valence-corrected chi connectivity index (χ4v) is 2.15. The van der Waals surface area contributed by atoms with E-state index < -0.39 is 6.10 Å². The quantitative estimate of drug-likeness (QED) is 0.910. The summed E-state index contributed by atoms with van der Waals surface area (Å²) in [5.41, 5.74) is 1.06. The van der Waals surface area contributed by atoms with Crippen LogP contribution in [0.15, 0.2) is 18.2 Å². The maximum Gasteiger partial charge on any atom is 0.253 e. The number of amides is 1. The van der Waals surface area contributed by atoms with Gasteiger partial charge in [0.1, 0.15) is 11.9 Å². The van der Waals surface area contributed by atoms with Crippen LogP contribution in [0.3, 0.4) is 0 Å². The van der Waals surface area contributed by atoms with Gasteiger partial charge in [-0.05, 0) is 38.0 Å². The molecule has 1 unspecified atom stereocenters. The Kier molecular flexibility index (Phi) is 4.37. The SMILES string of the molecule is COC(C)C(=O)Nc1ccc(N2CCCC2)c(F)c1. The van der Waals surface area contributed by atoms with E-state index in [9.17, 15) is 9.18 Å². The van der Waals surface area contributed by atoms with Gasteiger partial charge in [0.15, 0.2) is 0 Å². The Balaban J connectivity index is 2.08. The molecule has 1 atom stereocenters. The average Bonchev–Trinajstić information content (AvgIpc) is 2.91. The number of halogens is 1. The van der Waals surface area contributed by atoms with E-state index >= 15 is 0 Å². The first kappa shape index (κ1) is 13.8. The van der Waals surface area contributed by atoms with Crippen molar-refractivity contribution in [1.82, 2.24) is 0 Å². The molecule has 0 saturated carbocycles. The van der Waals surface area contributed by atoms with E-state index in [1.165, 1.54) is 13.2 Å². The lowest BCUT2D eigenvalue weighted by Crippen LogP contribution is -2.26. The summed E-state index contributed by atoms with van der Waals surface area (Å²) in [7, 11) is 1.46. The van der Waals surface area contributed by atoms with Crippen LogP contribution in [0.5, 0.6) is 0 Å². The van der Waals surface area contributed by atoms with E-state index in [-0.39, 0.29) is 11.7 Å². The molecular formula is C14H19FN2O2. The highest BCUT2D eigenvalue weighted by Gasteiger charge is 2.17. The van der Waals surface area contributed by atoms with Gasteiger partial charge in [-0.2, -0.15) is 0 Å². The molecule has 1 N–H and O–H groups in total. The molecule has 0 aliphatic carbocycles. The maximum absolute atomic E-state index is 14.0. The van der Waals surface area contributed by atoms with Gasteiger partial charge in [-0.25, -0.2) is 4.39 Å². The molecule has 1 heterocycles. The minimum Gasteiger partial charge on any atom is -0.372 e. The van der Waals surface area contributed by atoms with Gasteiger partial charge < -0.3 is 15.0 Å². The van der Waals surface area contributed by atoms with Crippen molar-refractivity contribution in [2.45, 2.75) is 25.9 Å². The number of rotatable bonds is 4. The molecule has 1 aliphatic rings. The summed E-state index contributed by atoms with van der Waals surface area (Å²) in [4.78, 5) is 13.7. The molecule has 0 aromatic heterocycles. The van der Waals surface area contributed by atoms with Gasteiger partial charge >= 0.3 is 0 Å². The minimum atomic E-state index is -0.554. The van der Waals surface area contributed by atoms with Crippen molar-refractivity contribution >= 4 is 17.3 Å². The van der Waals surface area contributed by atoms with E-state index in [1.54, 1.807) is 19.1 Å². The molecule has 4 nitrogen and oxygen atoms in total. The molecule has 0 radical (unpaired) electrons. The van der Waals surface area contributed by atoms with Gasteiger partial charge in [-0.15, -0.1) is 0 Å². The van der Waals surface area contributed by atoms with Crippen molar-refractivity contribution < 1.29 is 13.9 Å². The Bertz CT molecular complexity index is 459. The van der Waals surface area contributed by atoms with E-state index in [2.05, 4.69) is 5.32 Å². The first-order chi connectivity index (χ1) is 9.11. The van der Waals surface area contributed by atoms with Crippen LogP contribution in [0.4, 0.5) is 15.8 Å². The minimum absolute atomic E-state index is 0.282. The zero-order valence-electron chi connectivity index (χ0n) is 11.3. The van der Waals surface area contributed by atoms with Crippen LogP contribution in [-0.2, 0) is 9.53 Å². The van der Waals surface area contributed by atoms with Gasteiger partial charge in [-0.1, -0.05) is 0 Å². The van der Waals surface area contributed by atoms with Gasteiger partial charge in [0.2, 0.25) is 0 Å². The second-order valence-electron chi connectivity index (χ2n) is 4.73. The number of benzene rings is 1. The Labute approximate surface area is 112 Å². The van der Waals surface area contributed by atoms with Crippen LogP contribution in [0.25, 0.3) is 0 Å². The molecular weight excluding hydrogens is 247 g/mol. The van der Waals surface area contributed by atoms with Crippen molar-refractivity contribution in [1.29, 1.82) is 0 Å². The number of carbonyl (C=O) groups is 1. The fraction of sp³-hybridized carbons (Fsp3) is 0.500. The number of carbonyl (C=O) groups excluding carboxylic acids is 1. The Morgan fingerprint density at radius 2 is 2.11 bits per heavy atom. The van der Waals surface area contributed by atoms with E-state index in [1.807, 2.05) is 4.90 Å². The van der Waals surface area contributed by atoms with Crippen LogP contribution in [0.1, 0.15) is 19.8 Å². The highest BCUT2D eigenvalue weighted by Crippen LogP contribution is 2.26. The van der Waals surface area contributed by atoms with Crippen molar-refractivity contribution in [2.75, 3.05) is 30.4 Å². The Hall–Kier alpha value is -1.62. The smallest absolute Gasteiger partial charge is 0.253 e. The summed E-state index contributed by atoms with van der Waals surface area (Å²) in [6.07, 6.45) is 1.65. The predicted octanol–water partition coefficient (Wildman–Crippen LogP) is 2.40. The lowest BCUT2D eigenvalue weighted by Gasteiger charge is -2.19. The number of hydrogen-bond acceptors (Lipinski definition) is 3. The van der Waals surface area contributed by atoms with E-state index in [0.29, 0.717) is 11.4 Å². The first-order valence-corrected chi connectivity index (χ1v) is 6.50. The van der Waals surface area contributed by atoms with Crippen molar-refractivity contribution in [3.8, 4) is 0 Å². The molecule has 5 heteroatoms. The molecule has 2 rings (SSSR count). The molecule has 0 bridgehead atoms. The summed E-state index contributed by atoms with van der Waals surface area (Å²) in [6.45, 7) is 3.43. The monoisotopic (exact) mass is 266 g/mol. The number of nitrogens with zero attached hydrogens (tertiary/aromatic N) is 1.